The van der Waals surface area contributed by atoms with Crippen molar-refractivity contribution in [3.05, 3.63) is 95.8 Å². The summed E-state index contributed by atoms with van der Waals surface area (Å²) in [5.74, 6) is -0.442. The van der Waals surface area contributed by atoms with E-state index in [1.165, 1.54) is 5.56 Å². The van der Waals surface area contributed by atoms with Crippen LogP contribution in [0.25, 0.3) is 16.9 Å². The first kappa shape index (κ1) is 30.0. The number of hydrogen-bond donors (Lipinski definition) is 0. The Kier molecular flexibility index (Phi) is 10.6. The summed E-state index contributed by atoms with van der Waals surface area (Å²) in [6.45, 7) is 3.35. The normalized spacial score (nSPS) is 12.0. The average Bonchev–Trinajstić information content (AvgIpc) is 3.38. The molecule has 2 aromatic carbocycles. The average molecular weight is 567 g/mol. The van der Waals surface area contributed by atoms with E-state index in [0.717, 1.165) is 29.9 Å². The van der Waals surface area contributed by atoms with Crippen LogP contribution in [0, 0.1) is 0 Å². The molecule has 0 saturated heterocycles. The summed E-state index contributed by atoms with van der Waals surface area (Å²) in [5, 5.41) is 4.12. The lowest BCUT2D eigenvalue weighted by Gasteiger charge is -2.21. The van der Waals surface area contributed by atoms with Crippen molar-refractivity contribution in [3.63, 3.8) is 0 Å². The van der Waals surface area contributed by atoms with E-state index in [2.05, 4.69) is 27.2 Å². The number of ether oxygens (including phenoxy) is 1. The van der Waals surface area contributed by atoms with Crippen molar-refractivity contribution >= 4 is 17.6 Å². The Morgan fingerprint density at radius 2 is 1.80 bits per heavy atom. The van der Waals surface area contributed by atoms with Crippen LogP contribution < -0.4 is 0 Å². The van der Waals surface area contributed by atoms with Gasteiger partial charge in [-0.1, -0.05) is 53.7 Å². The molecule has 0 bridgehead atoms. The first-order chi connectivity index (χ1) is 19.8. The molecule has 2 heterocycles. The molecule has 0 radical (unpaired) electrons. The number of aromatic nitrogens is 2. The molecule has 0 amide bonds. The number of nitrogens with zero attached hydrogens (tertiary/aromatic N) is 4. The van der Waals surface area contributed by atoms with Crippen molar-refractivity contribution in [2.75, 3.05) is 33.4 Å². The third-order valence-electron chi connectivity index (χ3n) is 6.48. The van der Waals surface area contributed by atoms with Crippen molar-refractivity contribution in [1.82, 2.24) is 14.3 Å². The number of oxime groups is 1. The molecule has 0 fully saturated rings. The van der Waals surface area contributed by atoms with Gasteiger partial charge in [-0.25, -0.2) is 4.98 Å². The molecule has 4 rings (SSSR count). The van der Waals surface area contributed by atoms with Crippen molar-refractivity contribution in [2.24, 2.45) is 5.16 Å². The monoisotopic (exact) mass is 566 g/mol. The molecular formula is C31H33F3N4O3. The van der Waals surface area contributed by atoms with Gasteiger partial charge in [0.1, 0.15) is 18.0 Å². The maximum Gasteiger partial charge on any atom is 0.389 e. The minimum atomic E-state index is -4.34. The number of pyridine rings is 1. The van der Waals surface area contributed by atoms with Crippen LogP contribution in [0.15, 0.2) is 84.3 Å². The summed E-state index contributed by atoms with van der Waals surface area (Å²) in [7, 11) is 1.69. The number of carbonyl (C=O) groups is 1. The van der Waals surface area contributed by atoms with Gasteiger partial charge in [0.25, 0.3) is 0 Å². The first-order valence-electron chi connectivity index (χ1n) is 13.4. The molecule has 216 valence electrons. The second kappa shape index (κ2) is 14.6. The highest BCUT2D eigenvalue weighted by Crippen LogP contribution is 2.24. The Hall–Kier alpha value is -4.02. The smallest absolute Gasteiger partial charge is 0.389 e. The van der Waals surface area contributed by atoms with Gasteiger partial charge in [0.15, 0.2) is 0 Å². The van der Waals surface area contributed by atoms with E-state index in [-0.39, 0.29) is 6.42 Å². The zero-order valence-corrected chi connectivity index (χ0v) is 22.9. The maximum atomic E-state index is 12.4. The predicted molar refractivity (Wildman–Crippen MR) is 152 cm³/mol. The fourth-order valence-corrected chi connectivity index (χ4v) is 4.38. The van der Waals surface area contributed by atoms with E-state index in [1.807, 2.05) is 53.1 Å². The molecule has 0 unspecified atom stereocenters. The summed E-state index contributed by atoms with van der Waals surface area (Å²) in [6, 6.07) is 21.2. The molecule has 0 aliphatic heterocycles. The number of methoxy groups -OCH3 is 1. The summed E-state index contributed by atoms with van der Waals surface area (Å²) in [6.07, 6.45) is -0.772. The van der Waals surface area contributed by atoms with Gasteiger partial charge in [0, 0.05) is 56.9 Å². The lowest BCUT2D eigenvalue weighted by atomic mass is 10.0. The van der Waals surface area contributed by atoms with Gasteiger partial charge in [0.2, 0.25) is 0 Å². The highest BCUT2D eigenvalue weighted by molar-refractivity contribution is 5.82. The third-order valence-corrected chi connectivity index (χ3v) is 6.48. The Balaban J connectivity index is 1.33. The standard InChI is InChI=1S/C31H33F3N4O3/c1-40-16-14-37(23-24-6-3-2-4-7-24)15-17-41-36-21-26-11-13-38-29(22-35-30(38)20-26)27-9-5-8-25(18-27)19-28(39)10-12-31(32,33)34/h2-9,11,13,18,20-22H,10,12,14-17,19,23H2,1H3. The number of hydrogen-bond acceptors (Lipinski definition) is 6. The summed E-state index contributed by atoms with van der Waals surface area (Å²) >= 11 is 0. The Morgan fingerprint density at radius 1 is 1.02 bits per heavy atom. The molecule has 0 aliphatic carbocycles. The number of halogens is 3. The maximum absolute atomic E-state index is 12.4. The van der Waals surface area contributed by atoms with E-state index < -0.39 is 24.8 Å². The fourth-order valence-electron chi connectivity index (χ4n) is 4.38. The van der Waals surface area contributed by atoms with Crippen LogP contribution in [0.5, 0.6) is 0 Å². The van der Waals surface area contributed by atoms with E-state index in [9.17, 15) is 18.0 Å². The summed E-state index contributed by atoms with van der Waals surface area (Å²) < 4.78 is 44.4. The van der Waals surface area contributed by atoms with Gasteiger partial charge in [-0.05, 0) is 29.3 Å². The largest absolute Gasteiger partial charge is 0.394 e. The number of Topliss-reactive ketones (excluding diaryl/α,β-unsaturated/α-hetero) is 1. The van der Waals surface area contributed by atoms with Gasteiger partial charge >= 0.3 is 6.18 Å². The molecule has 7 nitrogen and oxygen atoms in total. The molecule has 0 N–H and O–H groups in total. The minimum Gasteiger partial charge on any atom is -0.394 e. The van der Waals surface area contributed by atoms with Gasteiger partial charge in [-0.15, -0.1) is 0 Å². The SMILES string of the molecule is COCCN(CCON=Cc1ccn2c(-c3cccc(CC(=O)CCC(F)(F)F)c3)cnc2c1)Cc1ccccc1. The third kappa shape index (κ3) is 9.54. The number of benzene rings is 2. The van der Waals surface area contributed by atoms with Crippen molar-refractivity contribution in [1.29, 1.82) is 0 Å². The number of imidazole rings is 1. The summed E-state index contributed by atoms with van der Waals surface area (Å²) in [5.41, 5.74) is 5.02. The van der Waals surface area contributed by atoms with Gasteiger partial charge in [-0.2, -0.15) is 13.2 Å². The molecule has 41 heavy (non-hydrogen) atoms. The Morgan fingerprint density at radius 3 is 2.59 bits per heavy atom. The van der Waals surface area contributed by atoms with E-state index in [1.54, 1.807) is 31.7 Å². The molecule has 2 aromatic heterocycles. The second-order valence-electron chi connectivity index (χ2n) is 9.69. The molecular weight excluding hydrogens is 533 g/mol. The van der Waals surface area contributed by atoms with Crippen molar-refractivity contribution in [3.8, 4) is 11.3 Å². The summed E-state index contributed by atoms with van der Waals surface area (Å²) in [4.78, 5) is 24.3. The highest BCUT2D eigenvalue weighted by atomic mass is 19.4. The predicted octanol–water partition coefficient (Wildman–Crippen LogP) is 5.95. The molecule has 0 atom stereocenters. The van der Waals surface area contributed by atoms with Crippen LogP contribution in [-0.2, 0) is 27.3 Å². The molecule has 4 aromatic rings. The number of carbonyl (C=O) groups excluding carboxylic acids is 1. The lowest BCUT2D eigenvalue weighted by molar-refractivity contribution is -0.143. The van der Waals surface area contributed by atoms with Gasteiger partial charge in [-0.3, -0.25) is 14.1 Å². The number of alkyl halides is 3. The van der Waals surface area contributed by atoms with Crippen LogP contribution in [0.4, 0.5) is 13.2 Å². The number of fused-ring (bicyclic) bond motifs is 1. The first-order valence-corrected chi connectivity index (χ1v) is 13.4. The molecule has 0 aliphatic rings. The minimum absolute atomic E-state index is 0.0440. The Labute approximate surface area is 237 Å². The van der Waals surface area contributed by atoms with E-state index >= 15 is 0 Å². The van der Waals surface area contributed by atoms with Crippen LogP contribution in [-0.4, -0.2) is 65.9 Å². The van der Waals surface area contributed by atoms with Gasteiger partial charge in [0.05, 0.1) is 31.1 Å². The van der Waals surface area contributed by atoms with Crippen LogP contribution in [0.3, 0.4) is 0 Å². The van der Waals surface area contributed by atoms with E-state index in [4.69, 9.17) is 9.57 Å². The lowest BCUT2D eigenvalue weighted by Crippen LogP contribution is -2.30. The zero-order chi connectivity index (χ0) is 29.1. The van der Waals surface area contributed by atoms with Crippen molar-refractivity contribution in [2.45, 2.75) is 32.0 Å². The van der Waals surface area contributed by atoms with Crippen LogP contribution in [0.2, 0.25) is 0 Å². The molecule has 0 saturated carbocycles. The van der Waals surface area contributed by atoms with Crippen LogP contribution >= 0.6 is 0 Å². The number of rotatable bonds is 15. The Bertz CT molecular complexity index is 1440. The molecule has 0 spiro atoms. The number of ketones is 1. The topological polar surface area (TPSA) is 68.4 Å². The van der Waals surface area contributed by atoms with E-state index in [0.29, 0.717) is 31.0 Å². The molecule has 10 heteroatoms. The second-order valence-corrected chi connectivity index (χ2v) is 9.69. The van der Waals surface area contributed by atoms with Gasteiger partial charge < -0.3 is 9.57 Å². The van der Waals surface area contributed by atoms with Crippen molar-refractivity contribution < 1.29 is 27.5 Å². The van der Waals surface area contributed by atoms with Crippen LogP contribution in [0.1, 0.15) is 29.5 Å². The zero-order valence-electron chi connectivity index (χ0n) is 22.9. The quantitative estimate of drug-likeness (QED) is 0.101. The highest BCUT2D eigenvalue weighted by Gasteiger charge is 2.27. The fraction of sp³-hybridized carbons (Fsp3) is 0.323.